The lowest BCUT2D eigenvalue weighted by atomic mass is 10.1. The Labute approximate surface area is 202 Å². The molecule has 0 unspecified atom stereocenters. The van der Waals surface area contributed by atoms with Gasteiger partial charge in [-0.25, -0.2) is 4.68 Å². The molecule has 0 atom stereocenters. The van der Waals surface area contributed by atoms with Crippen LogP contribution in [0.15, 0.2) is 72.9 Å². The highest BCUT2D eigenvalue weighted by atomic mass is 35.5. The summed E-state index contributed by atoms with van der Waals surface area (Å²) in [5.41, 5.74) is 4.21. The molecule has 0 aliphatic rings. The van der Waals surface area contributed by atoms with Gasteiger partial charge in [0, 0.05) is 28.4 Å². The number of hydrogen-bond donors (Lipinski definition) is 1. The normalized spacial score (nSPS) is 10.8. The van der Waals surface area contributed by atoms with E-state index in [2.05, 4.69) is 16.5 Å². The van der Waals surface area contributed by atoms with Gasteiger partial charge < -0.3 is 10.1 Å². The molecule has 4 aromatic rings. The van der Waals surface area contributed by atoms with E-state index in [0.717, 1.165) is 28.8 Å². The van der Waals surface area contributed by atoms with Crippen LogP contribution in [0.3, 0.4) is 0 Å². The van der Waals surface area contributed by atoms with Gasteiger partial charge in [0.25, 0.3) is 5.91 Å². The number of aryl methyl sites for hydroxylation is 1. The minimum atomic E-state index is -0.106. The molecule has 7 heteroatoms. The zero-order valence-corrected chi connectivity index (χ0v) is 19.8. The van der Waals surface area contributed by atoms with Crippen LogP contribution < -0.4 is 10.1 Å². The van der Waals surface area contributed by atoms with Crippen LogP contribution in [0.2, 0.25) is 10.0 Å². The Balaban J connectivity index is 1.69. The fourth-order valence-electron chi connectivity index (χ4n) is 3.37. The van der Waals surface area contributed by atoms with Gasteiger partial charge >= 0.3 is 0 Å². The van der Waals surface area contributed by atoms with E-state index in [0.29, 0.717) is 33.8 Å². The Morgan fingerprint density at radius 2 is 1.76 bits per heavy atom. The molecule has 1 aromatic heterocycles. The van der Waals surface area contributed by atoms with Crippen molar-refractivity contribution < 1.29 is 9.53 Å². The number of hydrogen-bond acceptors (Lipinski definition) is 3. The third kappa shape index (κ3) is 5.56. The van der Waals surface area contributed by atoms with E-state index in [1.54, 1.807) is 47.1 Å². The summed E-state index contributed by atoms with van der Waals surface area (Å²) in [4.78, 5) is 12.2. The summed E-state index contributed by atoms with van der Waals surface area (Å²) in [6.45, 7) is 4.69. The fraction of sp³-hybridized carbons (Fsp3) is 0.154. The second kappa shape index (κ2) is 10.1. The van der Waals surface area contributed by atoms with Crippen LogP contribution in [0.5, 0.6) is 11.6 Å². The van der Waals surface area contributed by atoms with Gasteiger partial charge in [-0.05, 0) is 61.4 Å². The van der Waals surface area contributed by atoms with Gasteiger partial charge in [0.1, 0.15) is 5.75 Å². The van der Waals surface area contributed by atoms with E-state index in [1.807, 2.05) is 38.2 Å². The van der Waals surface area contributed by atoms with E-state index >= 15 is 0 Å². The van der Waals surface area contributed by atoms with Crippen LogP contribution >= 0.6 is 23.2 Å². The van der Waals surface area contributed by atoms with E-state index in [4.69, 9.17) is 27.9 Å². The van der Waals surface area contributed by atoms with Gasteiger partial charge in [-0.1, -0.05) is 60.0 Å². The van der Waals surface area contributed by atoms with Crippen molar-refractivity contribution in [1.29, 1.82) is 0 Å². The van der Waals surface area contributed by atoms with Crippen molar-refractivity contribution in [3.05, 3.63) is 94.1 Å². The van der Waals surface area contributed by atoms with E-state index in [1.165, 1.54) is 0 Å². The van der Waals surface area contributed by atoms with Crippen molar-refractivity contribution in [2.45, 2.75) is 20.3 Å². The van der Waals surface area contributed by atoms with Crippen molar-refractivity contribution in [3.63, 3.8) is 0 Å². The predicted molar refractivity (Wildman–Crippen MR) is 133 cm³/mol. The molecule has 3 aromatic carbocycles. The monoisotopic (exact) mass is 479 g/mol. The van der Waals surface area contributed by atoms with Crippen LogP contribution in [0.4, 0.5) is 0 Å². The molecule has 33 heavy (non-hydrogen) atoms. The predicted octanol–water partition coefficient (Wildman–Crippen LogP) is 7.09. The maximum absolute atomic E-state index is 12.2. The van der Waals surface area contributed by atoms with Crippen molar-refractivity contribution in [1.82, 2.24) is 15.1 Å². The average molecular weight is 480 g/mol. The number of rotatable bonds is 7. The van der Waals surface area contributed by atoms with Gasteiger partial charge in [0.2, 0.25) is 5.88 Å². The van der Waals surface area contributed by atoms with Crippen molar-refractivity contribution in [3.8, 4) is 28.4 Å². The Bertz CT molecular complexity index is 1260. The second-order valence-corrected chi connectivity index (χ2v) is 8.54. The lowest BCUT2D eigenvalue weighted by Crippen LogP contribution is -2.23. The number of ether oxygens (including phenoxy) is 1. The molecule has 0 aliphatic carbocycles. The molecular formula is C26H23Cl2N3O2. The van der Waals surface area contributed by atoms with Crippen LogP contribution in [0, 0.1) is 6.92 Å². The molecule has 0 bridgehead atoms. The van der Waals surface area contributed by atoms with Gasteiger partial charge in [-0.3, -0.25) is 4.79 Å². The fourth-order valence-corrected chi connectivity index (χ4v) is 3.89. The molecule has 168 valence electrons. The number of benzene rings is 3. The zero-order valence-electron chi connectivity index (χ0n) is 18.3. The summed E-state index contributed by atoms with van der Waals surface area (Å²) in [6, 6.07) is 20.3. The molecule has 0 saturated carbocycles. The second-order valence-electron chi connectivity index (χ2n) is 7.67. The van der Waals surface area contributed by atoms with E-state index in [-0.39, 0.29) is 5.91 Å². The van der Waals surface area contributed by atoms with Crippen molar-refractivity contribution >= 4 is 29.1 Å². The molecule has 0 radical (unpaired) electrons. The lowest BCUT2D eigenvalue weighted by molar-refractivity contribution is 0.0953. The number of carbonyl (C=O) groups excluding carboxylic acids is 1. The average Bonchev–Trinajstić information content (AvgIpc) is 3.21. The Morgan fingerprint density at radius 1 is 1.03 bits per heavy atom. The van der Waals surface area contributed by atoms with Crippen LogP contribution in [-0.2, 0) is 0 Å². The molecule has 5 nitrogen and oxygen atoms in total. The standard InChI is InChI=1S/C26H23Cl2N3O2/c1-3-11-29-25(32)18-7-9-23(10-8-18)33-26-24(19-6-4-5-17(2)12-19)16-31(30-26)22-14-20(27)13-21(28)15-22/h4-10,12-16H,3,11H2,1-2H3,(H,29,32). The SMILES string of the molecule is CCCNC(=O)c1ccc(Oc2nn(-c3cc(Cl)cc(Cl)c3)cc2-c2cccc(C)c2)cc1. The number of carbonyl (C=O) groups is 1. The highest BCUT2D eigenvalue weighted by Crippen LogP contribution is 2.34. The Kier molecular flexibility index (Phi) is 7.02. The van der Waals surface area contributed by atoms with Crippen LogP contribution in [0.25, 0.3) is 16.8 Å². The minimum Gasteiger partial charge on any atom is -0.437 e. The van der Waals surface area contributed by atoms with Gasteiger partial charge in [0.15, 0.2) is 0 Å². The van der Waals surface area contributed by atoms with E-state index < -0.39 is 0 Å². The van der Waals surface area contributed by atoms with E-state index in [9.17, 15) is 4.79 Å². The molecule has 0 saturated heterocycles. The lowest BCUT2D eigenvalue weighted by Gasteiger charge is -2.07. The first kappa shape index (κ1) is 22.9. The van der Waals surface area contributed by atoms with Crippen molar-refractivity contribution in [2.75, 3.05) is 6.54 Å². The first-order chi connectivity index (χ1) is 15.9. The number of nitrogens with one attached hydrogen (secondary N) is 1. The summed E-state index contributed by atoms with van der Waals surface area (Å²) in [5.74, 6) is 0.899. The summed E-state index contributed by atoms with van der Waals surface area (Å²) in [6.07, 6.45) is 2.77. The molecule has 1 amide bonds. The number of nitrogens with zero attached hydrogens (tertiary/aromatic N) is 2. The Hall–Kier alpha value is -3.28. The number of amides is 1. The molecule has 0 fully saturated rings. The number of halogens is 2. The summed E-state index contributed by atoms with van der Waals surface area (Å²) < 4.78 is 7.84. The first-order valence-electron chi connectivity index (χ1n) is 10.6. The highest BCUT2D eigenvalue weighted by molar-refractivity contribution is 6.34. The summed E-state index contributed by atoms with van der Waals surface area (Å²) in [7, 11) is 0. The third-order valence-electron chi connectivity index (χ3n) is 4.99. The maximum Gasteiger partial charge on any atom is 0.251 e. The quantitative estimate of drug-likeness (QED) is 0.307. The molecule has 1 N–H and O–H groups in total. The molecule has 0 aliphatic heterocycles. The third-order valence-corrected chi connectivity index (χ3v) is 5.42. The largest absolute Gasteiger partial charge is 0.437 e. The Morgan fingerprint density at radius 3 is 2.42 bits per heavy atom. The maximum atomic E-state index is 12.2. The van der Waals surface area contributed by atoms with Crippen LogP contribution in [0.1, 0.15) is 29.3 Å². The number of aromatic nitrogens is 2. The van der Waals surface area contributed by atoms with Crippen LogP contribution in [-0.4, -0.2) is 22.2 Å². The first-order valence-corrected chi connectivity index (χ1v) is 11.4. The zero-order chi connectivity index (χ0) is 23.4. The summed E-state index contributed by atoms with van der Waals surface area (Å²) >= 11 is 12.4. The smallest absolute Gasteiger partial charge is 0.251 e. The highest BCUT2D eigenvalue weighted by Gasteiger charge is 2.16. The molecular weight excluding hydrogens is 457 g/mol. The molecule has 1 heterocycles. The summed E-state index contributed by atoms with van der Waals surface area (Å²) in [5, 5.41) is 8.56. The van der Waals surface area contributed by atoms with Gasteiger partial charge in [0.05, 0.1) is 11.3 Å². The van der Waals surface area contributed by atoms with Gasteiger partial charge in [-0.15, -0.1) is 5.10 Å². The molecule has 4 rings (SSSR count). The van der Waals surface area contributed by atoms with Crippen molar-refractivity contribution in [2.24, 2.45) is 0 Å². The molecule has 0 spiro atoms. The minimum absolute atomic E-state index is 0.106. The topological polar surface area (TPSA) is 56.1 Å². The van der Waals surface area contributed by atoms with Gasteiger partial charge in [-0.2, -0.15) is 0 Å².